The molecule has 0 bridgehead atoms. The fourth-order valence-corrected chi connectivity index (χ4v) is 4.50. The molecule has 2 heterocycles. The van der Waals surface area contributed by atoms with Gasteiger partial charge in [0.25, 0.3) is 5.91 Å². The van der Waals surface area contributed by atoms with Crippen LogP contribution < -0.4 is 11.1 Å². The van der Waals surface area contributed by atoms with Gasteiger partial charge in [-0.15, -0.1) is 5.10 Å². The van der Waals surface area contributed by atoms with Crippen molar-refractivity contribution >= 4 is 11.9 Å². The summed E-state index contributed by atoms with van der Waals surface area (Å²) in [6.07, 6.45) is 13.7. The van der Waals surface area contributed by atoms with Crippen LogP contribution in [-0.2, 0) is 25.8 Å². The molecular formula is C30H39N7O. The fraction of sp³-hybridized carbons (Fsp3) is 0.400. The molecular weight excluding hydrogens is 474 g/mol. The summed E-state index contributed by atoms with van der Waals surface area (Å²) in [6, 6.07) is 18.0. The monoisotopic (exact) mass is 513 g/mol. The van der Waals surface area contributed by atoms with Gasteiger partial charge in [0.15, 0.2) is 0 Å². The van der Waals surface area contributed by atoms with Crippen molar-refractivity contribution in [3.8, 4) is 5.69 Å². The molecule has 1 amide bonds. The SMILES string of the molecule is CCCCCc1ccc(C(=O)NCCn2cc(CCCCCc3cn(-c4ccccc4)c(N)n3)nn2)cc1. The lowest BCUT2D eigenvalue weighted by Crippen LogP contribution is -2.27. The third kappa shape index (κ3) is 8.03. The second kappa shape index (κ2) is 14.1. The number of hydrogen-bond acceptors (Lipinski definition) is 5. The number of imidazole rings is 1. The highest BCUT2D eigenvalue weighted by molar-refractivity contribution is 5.94. The van der Waals surface area contributed by atoms with E-state index in [1.54, 1.807) is 4.68 Å². The van der Waals surface area contributed by atoms with Crippen molar-refractivity contribution in [1.82, 2.24) is 29.9 Å². The normalized spacial score (nSPS) is 11.1. The van der Waals surface area contributed by atoms with Gasteiger partial charge in [0.1, 0.15) is 0 Å². The van der Waals surface area contributed by atoms with Crippen molar-refractivity contribution in [3.05, 3.63) is 89.5 Å². The Morgan fingerprint density at radius 1 is 0.868 bits per heavy atom. The van der Waals surface area contributed by atoms with E-state index in [9.17, 15) is 4.79 Å². The molecule has 0 aliphatic heterocycles. The summed E-state index contributed by atoms with van der Waals surface area (Å²) in [5.41, 5.74) is 11.1. The maximum absolute atomic E-state index is 12.4. The van der Waals surface area contributed by atoms with E-state index in [-0.39, 0.29) is 5.91 Å². The lowest BCUT2D eigenvalue weighted by molar-refractivity contribution is 0.0952. The number of aromatic nitrogens is 5. The van der Waals surface area contributed by atoms with Gasteiger partial charge < -0.3 is 11.1 Å². The van der Waals surface area contributed by atoms with E-state index in [0.29, 0.717) is 24.6 Å². The Hall–Kier alpha value is -3.94. The van der Waals surface area contributed by atoms with E-state index in [2.05, 4.69) is 39.7 Å². The molecule has 2 aromatic heterocycles. The minimum Gasteiger partial charge on any atom is -0.369 e. The molecule has 0 fully saturated rings. The number of para-hydroxylation sites is 1. The van der Waals surface area contributed by atoms with Crippen LogP contribution in [0.2, 0.25) is 0 Å². The molecule has 0 atom stereocenters. The molecule has 4 aromatic rings. The molecule has 2 aromatic carbocycles. The summed E-state index contributed by atoms with van der Waals surface area (Å²) in [7, 11) is 0. The Kier molecular flexibility index (Phi) is 10.1. The first-order valence-electron chi connectivity index (χ1n) is 13.8. The van der Waals surface area contributed by atoms with E-state index < -0.39 is 0 Å². The first-order chi connectivity index (χ1) is 18.6. The number of carbonyl (C=O) groups excluding carboxylic acids is 1. The van der Waals surface area contributed by atoms with E-state index in [1.807, 2.05) is 59.4 Å². The highest BCUT2D eigenvalue weighted by Gasteiger charge is 2.08. The molecule has 200 valence electrons. The summed E-state index contributed by atoms with van der Waals surface area (Å²) < 4.78 is 3.73. The van der Waals surface area contributed by atoms with Gasteiger partial charge in [-0.3, -0.25) is 14.0 Å². The van der Waals surface area contributed by atoms with Crippen molar-refractivity contribution < 1.29 is 4.79 Å². The summed E-state index contributed by atoms with van der Waals surface area (Å²) in [5, 5.41) is 11.5. The van der Waals surface area contributed by atoms with Crippen LogP contribution in [0.5, 0.6) is 0 Å². The number of benzene rings is 2. The number of rotatable bonds is 15. The topological polar surface area (TPSA) is 104 Å². The zero-order valence-corrected chi connectivity index (χ0v) is 22.4. The van der Waals surface area contributed by atoms with Crippen molar-refractivity contribution in [1.29, 1.82) is 0 Å². The van der Waals surface area contributed by atoms with Gasteiger partial charge in [-0.25, -0.2) is 4.98 Å². The van der Waals surface area contributed by atoms with E-state index in [0.717, 1.165) is 55.6 Å². The standard InChI is InChI=1S/C30H39N7O/c1-2-3-6-11-24-16-18-25(19-17-24)29(38)32-20-21-36-22-27(34-35-36)13-8-4-7-12-26-23-37(30(31)33-26)28-14-9-5-10-15-28/h5,9-10,14-19,22-23H,2-4,6-8,11-13,20-21H2,1H3,(H2,31,33)(H,32,38). The van der Waals surface area contributed by atoms with E-state index in [1.165, 1.54) is 24.8 Å². The van der Waals surface area contributed by atoms with Gasteiger partial charge in [-0.2, -0.15) is 0 Å². The molecule has 0 saturated heterocycles. The van der Waals surface area contributed by atoms with E-state index >= 15 is 0 Å². The number of nitrogen functional groups attached to an aromatic ring is 1. The number of nitrogens with one attached hydrogen (secondary N) is 1. The third-order valence-corrected chi connectivity index (χ3v) is 6.68. The van der Waals surface area contributed by atoms with Gasteiger partial charge in [-0.1, -0.05) is 61.7 Å². The Labute approximate surface area is 225 Å². The van der Waals surface area contributed by atoms with Crippen LogP contribution in [0.4, 0.5) is 5.95 Å². The second-order valence-electron chi connectivity index (χ2n) is 9.74. The first kappa shape index (κ1) is 27.1. The molecule has 0 saturated carbocycles. The Bertz CT molecular complexity index is 1260. The van der Waals surface area contributed by atoms with Crippen LogP contribution in [0.15, 0.2) is 67.0 Å². The molecule has 3 N–H and O–H groups in total. The van der Waals surface area contributed by atoms with Gasteiger partial charge in [0.05, 0.1) is 17.9 Å². The number of unbranched alkanes of at least 4 members (excludes halogenated alkanes) is 4. The average molecular weight is 514 g/mol. The van der Waals surface area contributed by atoms with Gasteiger partial charge in [0.2, 0.25) is 5.95 Å². The van der Waals surface area contributed by atoms with Crippen LogP contribution >= 0.6 is 0 Å². The summed E-state index contributed by atoms with van der Waals surface area (Å²) in [5.74, 6) is 0.468. The zero-order valence-electron chi connectivity index (χ0n) is 22.4. The van der Waals surface area contributed by atoms with Gasteiger partial charge in [-0.05, 0) is 68.4 Å². The fourth-order valence-electron chi connectivity index (χ4n) is 4.50. The first-order valence-corrected chi connectivity index (χ1v) is 13.8. The molecule has 4 rings (SSSR count). The number of amides is 1. The number of aryl methyl sites for hydroxylation is 3. The number of hydrogen-bond donors (Lipinski definition) is 2. The molecule has 0 radical (unpaired) electrons. The van der Waals surface area contributed by atoms with Crippen molar-refractivity contribution in [2.75, 3.05) is 12.3 Å². The molecule has 0 aliphatic rings. The highest BCUT2D eigenvalue weighted by atomic mass is 16.1. The van der Waals surface area contributed by atoms with Gasteiger partial charge in [0, 0.05) is 30.2 Å². The van der Waals surface area contributed by atoms with Crippen LogP contribution in [0.25, 0.3) is 5.69 Å². The molecule has 8 nitrogen and oxygen atoms in total. The minimum atomic E-state index is -0.0548. The maximum Gasteiger partial charge on any atom is 0.251 e. The molecule has 8 heteroatoms. The lowest BCUT2D eigenvalue weighted by atomic mass is 10.1. The van der Waals surface area contributed by atoms with Crippen LogP contribution in [-0.4, -0.2) is 37.0 Å². The smallest absolute Gasteiger partial charge is 0.251 e. The number of anilines is 1. The summed E-state index contributed by atoms with van der Waals surface area (Å²) in [6.45, 7) is 3.32. The molecule has 0 aliphatic carbocycles. The Balaban J connectivity index is 1.11. The average Bonchev–Trinajstić information content (AvgIpc) is 3.55. The van der Waals surface area contributed by atoms with Crippen molar-refractivity contribution in [2.24, 2.45) is 0 Å². The Morgan fingerprint density at radius 2 is 1.61 bits per heavy atom. The predicted octanol–water partition coefficient (Wildman–Crippen LogP) is 5.16. The van der Waals surface area contributed by atoms with Crippen LogP contribution in [0.3, 0.4) is 0 Å². The maximum atomic E-state index is 12.4. The van der Waals surface area contributed by atoms with Crippen molar-refractivity contribution in [3.63, 3.8) is 0 Å². The predicted molar refractivity (Wildman–Crippen MR) is 151 cm³/mol. The number of nitrogens with zero attached hydrogens (tertiary/aromatic N) is 5. The van der Waals surface area contributed by atoms with E-state index in [4.69, 9.17) is 5.73 Å². The second-order valence-corrected chi connectivity index (χ2v) is 9.74. The minimum absolute atomic E-state index is 0.0548. The number of nitrogens with two attached hydrogens (primary N) is 1. The number of carbonyl (C=O) groups is 1. The molecule has 0 spiro atoms. The van der Waals surface area contributed by atoms with Crippen molar-refractivity contribution in [2.45, 2.75) is 71.3 Å². The molecule has 38 heavy (non-hydrogen) atoms. The summed E-state index contributed by atoms with van der Waals surface area (Å²) in [4.78, 5) is 16.9. The highest BCUT2D eigenvalue weighted by Crippen LogP contribution is 2.16. The summed E-state index contributed by atoms with van der Waals surface area (Å²) >= 11 is 0. The van der Waals surface area contributed by atoms with Crippen LogP contribution in [0.1, 0.15) is 72.8 Å². The largest absolute Gasteiger partial charge is 0.369 e. The zero-order chi connectivity index (χ0) is 26.6. The Morgan fingerprint density at radius 3 is 2.37 bits per heavy atom. The lowest BCUT2D eigenvalue weighted by Gasteiger charge is -2.06. The quantitative estimate of drug-likeness (QED) is 0.214. The molecule has 0 unspecified atom stereocenters. The van der Waals surface area contributed by atoms with Crippen LogP contribution in [0, 0.1) is 0 Å². The van der Waals surface area contributed by atoms with Gasteiger partial charge >= 0.3 is 0 Å². The third-order valence-electron chi connectivity index (χ3n) is 6.68.